The molecule has 1 saturated heterocycles. The van der Waals surface area contributed by atoms with Crippen molar-refractivity contribution in [2.75, 3.05) is 13.2 Å². The third-order valence-corrected chi connectivity index (χ3v) is 5.71. The Morgan fingerprint density at radius 2 is 1.89 bits per heavy atom. The summed E-state index contributed by atoms with van der Waals surface area (Å²) in [7, 11) is -0.887. The summed E-state index contributed by atoms with van der Waals surface area (Å²) in [6.45, 7) is 3.44. The molecule has 18 heavy (non-hydrogen) atoms. The van der Waals surface area contributed by atoms with E-state index in [9.17, 15) is 4.21 Å². The second-order valence-corrected chi connectivity index (χ2v) is 6.85. The number of nitrogens with two attached hydrogens (primary N) is 1. The van der Waals surface area contributed by atoms with Crippen LogP contribution < -0.4 is 5.73 Å². The maximum atomic E-state index is 12.5. The second-order valence-electron chi connectivity index (χ2n) is 4.78. The average molecular weight is 267 g/mol. The lowest BCUT2D eigenvalue weighted by atomic mass is 10.1. The minimum atomic E-state index is -0.887. The third kappa shape index (κ3) is 3.19. The highest BCUT2D eigenvalue weighted by Gasteiger charge is 2.28. The van der Waals surface area contributed by atoms with Crippen LogP contribution in [0.3, 0.4) is 0 Å². The maximum absolute atomic E-state index is 12.5. The normalized spacial score (nSPS) is 22.3. The van der Waals surface area contributed by atoms with Crippen LogP contribution in [0, 0.1) is 0 Å². The van der Waals surface area contributed by atoms with Gasteiger partial charge in [-0.2, -0.15) is 0 Å². The van der Waals surface area contributed by atoms with E-state index in [0.29, 0.717) is 0 Å². The van der Waals surface area contributed by atoms with E-state index in [1.807, 2.05) is 37.3 Å². The van der Waals surface area contributed by atoms with E-state index in [0.717, 1.165) is 31.6 Å². The predicted octanol–water partition coefficient (Wildman–Crippen LogP) is 2.00. The van der Waals surface area contributed by atoms with Crippen LogP contribution in [0.25, 0.3) is 0 Å². The third-order valence-electron chi connectivity index (χ3n) is 3.55. The van der Waals surface area contributed by atoms with Gasteiger partial charge in [-0.1, -0.05) is 30.3 Å². The summed E-state index contributed by atoms with van der Waals surface area (Å²) < 4.78 is 17.8. The van der Waals surface area contributed by atoms with Crippen molar-refractivity contribution in [3.8, 4) is 0 Å². The average Bonchev–Trinajstić information content (AvgIpc) is 2.47. The molecule has 0 amide bonds. The van der Waals surface area contributed by atoms with Gasteiger partial charge in [0, 0.05) is 35.3 Å². The fourth-order valence-corrected chi connectivity index (χ4v) is 4.01. The van der Waals surface area contributed by atoms with Crippen molar-refractivity contribution >= 4 is 10.8 Å². The van der Waals surface area contributed by atoms with Gasteiger partial charge in [0.2, 0.25) is 0 Å². The van der Waals surface area contributed by atoms with Crippen molar-refractivity contribution in [3.05, 3.63) is 35.9 Å². The summed E-state index contributed by atoms with van der Waals surface area (Å²) in [5, 5.41) is 0.221. The first kappa shape index (κ1) is 13.7. The molecule has 2 rings (SSSR count). The summed E-state index contributed by atoms with van der Waals surface area (Å²) in [5.41, 5.74) is 7.28. The monoisotopic (exact) mass is 267 g/mol. The van der Waals surface area contributed by atoms with Gasteiger partial charge in [-0.25, -0.2) is 0 Å². The molecule has 1 aliphatic rings. The molecule has 1 aromatic rings. The molecule has 4 heteroatoms. The molecular formula is C14H21NO2S. The number of ether oxygens (including phenoxy) is 1. The zero-order valence-corrected chi connectivity index (χ0v) is 11.6. The molecular weight excluding hydrogens is 246 g/mol. The van der Waals surface area contributed by atoms with Crippen molar-refractivity contribution in [2.24, 2.45) is 5.73 Å². The van der Waals surface area contributed by atoms with Crippen molar-refractivity contribution in [1.29, 1.82) is 0 Å². The van der Waals surface area contributed by atoms with Gasteiger partial charge in [-0.15, -0.1) is 0 Å². The SMILES string of the molecule is CC(C(N)c1ccccc1)S(=O)C1CCOCC1. The van der Waals surface area contributed by atoms with Crippen LogP contribution in [0.2, 0.25) is 0 Å². The molecule has 3 unspecified atom stereocenters. The van der Waals surface area contributed by atoms with Gasteiger partial charge in [-0.3, -0.25) is 4.21 Å². The van der Waals surface area contributed by atoms with Crippen molar-refractivity contribution in [3.63, 3.8) is 0 Å². The first-order valence-electron chi connectivity index (χ1n) is 6.48. The van der Waals surface area contributed by atoms with E-state index < -0.39 is 10.8 Å². The van der Waals surface area contributed by atoms with E-state index in [1.165, 1.54) is 0 Å². The number of hydrogen-bond acceptors (Lipinski definition) is 3. The fourth-order valence-electron chi connectivity index (χ4n) is 2.30. The number of hydrogen-bond donors (Lipinski definition) is 1. The van der Waals surface area contributed by atoms with Crippen molar-refractivity contribution in [1.82, 2.24) is 0 Å². The molecule has 0 aromatic heterocycles. The smallest absolute Gasteiger partial charge is 0.0515 e. The van der Waals surface area contributed by atoms with Gasteiger partial charge >= 0.3 is 0 Å². The highest BCUT2D eigenvalue weighted by molar-refractivity contribution is 7.86. The Kier molecular flexibility index (Phi) is 4.92. The van der Waals surface area contributed by atoms with E-state index in [1.54, 1.807) is 0 Å². The molecule has 0 saturated carbocycles. The molecule has 0 aliphatic carbocycles. The molecule has 1 aromatic carbocycles. The quantitative estimate of drug-likeness (QED) is 0.908. The standard InChI is InChI=1S/C14H21NO2S/c1-11(14(15)12-5-3-2-4-6-12)18(16)13-7-9-17-10-8-13/h2-6,11,13-14H,7-10,15H2,1H3. The molecule has 1 heterocycles. The van der Waals surface area contributed by atoms with Gasteiger partial charge in [0.15, 0.2) is 0 Å². The fraction of sp³-hybridized carbons (Fsp3) is 0.571. The topological polar surface area (TPSA) is 52.3 Å². The van der Waals surface area contributed by atoms with Crippen LogP contribution in [0.4, 0.5) is 0 Å². The molecule has 100 valence electrons. The molecule has 0 radical (unpaired) electrons. The highest BCUT2D eigenvalue weighted by Crippen LogP contribution is 2.23. The van der Waals surface area contributed by atoms with E-state index in [-0.39, 0.29) is 16.5 Å². The summed E-state index contributed by atoms with van der Waals surface area (Å²) in [6, 6.07) is 9.76. The first-order chi connectivity index (χ1) is 8.70. The van der Waals surface area contributed by atoms with Crippen molar-refractivity contribution < 1.29 is 8.95 Å². The molecule has 0 spiro atoms. The lowest BCUT2D eigenvalue weighted by Gasteiger charge is -2.27. The van der Waals surface area contributed by atoms with Crippen molar-refractivity contribution in [2.45, 2.75) is 36.3 Å². The molecule has 2 N–H and O–H groups in total. The Morgan fingerprint density at radius 3 is 2.50 bits per heavy atom. The Hall–Kier alpha value is -0.710. The van der Waals surface area contributed by atoms with Gasteiger partial charge < -0.3 is 10.5 Å². The minimum Gasteiger partial charge on any atom is -0.381 e. The Morgan fingerprint density at radius 1 is 1.28 bits per heavy atom. The Bertz CT molecular complexity index is 390. The second kappa shape index (κ2) is 6.45. The minimum absolute atomic E-state index is 0.0181. The maximum Gasteiger partial charge on any atom is 0.0515 e. The van der Waals surface area contributed by atoms with Crippen LogP contribution >= 0.6 is 0 Å². The molecule has 1 aliphatic heterocycles. The highest BCUT2D eigenvalue weighted by atomic mass is 32.2. The molecule has 0 bridgehead atoms. The van der Waals surface area contributed by atoms with E-state index in [2.05, 4.69) is 0 Å². The zero-order valence-electron chi connectivity index (χ0n) is 10.7. The van der Waals surface area contributed by atoms with E-state index >= 15 is 0 Å². The van der Waals surface area contributed by atoms with E-state index in [4.69, 9.17) is 10.5 Å². The summed E-state index contributed by atoms with van der Waals surface area (Å²) >= 11 is 0. The molecule has 3 nitrogen and oxygen atoms in total. The van der Waals surface area contributed by atoms with Crippen LogP contribution in [0.1, 0.15) is 31.4 Å². The first-order valence-corrected chi connectivity index (χ1v) is 7.75. The summed E-state index contributed by atoms with van der Waals surface area (Å²) in [6.07, 6.45) is 1.77. The Balaban J connectivity index is 2.01. The van der Waals surface area contributed by atoms with Gasteiger partial charge in [0.05, 0.1) is 5.25 Å². The van der Waals surface area contributed by atoms with Crippen LogP contribution in [-0.4, -0.2) is 27.9 Å². The Labute approximate surface area is 111 Å². The summed E-state index contributed by atoms with van der Waals surface area (Å²) in [4.78, 5) is 0. The van der Waals surface area contributed by atoms with Crippen LogP contribution in [0.15, 0.2) is 30.3 Å². The van der Waals surface area contributed by atoms with Gasteiger partial charge in [0.1, 0.15) is 0 Å². The molecule has 1 fully saturated rings. The van der Waals surface area contributed by atoms with Gasteiger partial charge in [0.25, 0.3) is 0 Å². The van der Waals surface area contributed by atoms with Gasteiger partial charge in [-0.05, 0) is 25.3 Å². The predicted molar refractivity (Wildman–Crippen MR) is 74.8 cm³/mol. The van der Waals surface area contributed by atoms with Crippen LogP contribution in [0.5, 0.6) is 0 Å². The lowest BCUT2D eigenvalue weighted by molar-refractivity contribution is 0.0990. The number of rotatable bonds is 4. The summed E-state index contributed by atoms with van der Waals surface area (Å²) in [5.74, 6) is 0. The zero-order chi connectivity index (χ0) is 13.0. The molecule has 3 atom stereocenters. The van der Waals surface area contributed by atoms with Crippen LogP contribution in [-0.2, 0) is 15.5 Å². The largest absolute Gasteiger partial charge is 0.381 e. The number of benzene rings is 1. The lowest BCUT2D eigenvalue weighted by Crippen LogP contribution is -2.35.